The van der Waals surface area contributed by atoms with Crippen LogP contribution in [0.5, 0.6) is 5.75 Å². The van der Waals surface area contributed by atoms with Crippen molar-refractivity contribution in [1.29, 1.82) is 0 Å². The zero-order chi connectivity index (χ0) is 17.6. The fourth-order valence-electron chi connectivity index (χ4n) is 2.07. The van der Waals surface area contributed by atoms with Crippen LogP contribution >= 0.6 is 0 Å². The molecule has 0 amide bonds. The number of hydrogen-bond donors (Lipinski definition) is 1. The van der Waals surface area contributed by atoms with Crippen LogP contribution in [0.15, 0.2) is 127 Å². The van der Waals surface area contributed by atoms with Crippen LogP contribution < -0.4 is 0 Å². The minimum Gasteiger partial charge on any atom is -0.508 e. The molecule has 0 aliphatic rings. The van der Waals surface area contributed by atoms with E-state index >= 15 is 0 Å². The van der Waals surface area contributed by atoms with Crippen LogP contribution in [-0.2, 0) is 0 Å². The van der Waals surface area contributed by atoms with Crippen molar-refractivity contribution in [3.05, 3.63) is 127 Å². The molecule has 4 aromatic rings. The maximum atomic E-state index is 8.63. The second kappa shape index (κ2) is 11.3. The summed E-state index contributed by atoms with van der Waals surface area (Å²) in [5.41, 5.74) is 2.55. The van der Waals surface area contributed by atoms with E-state index in [1.165, 1.54) is 11.1 Å². The van der Waals surface area contributed by atoms with Gasteiger partial charge >= 0.3 is 0 Å². The van der Waals surface area contributed by atoms with Crippen molar-refractivity contribution >= 4 is 0 Å². The third kappa shape index (κ3) is 7.67. The summed E-state index contributed by atoms with van der Waals surface area (Å²) in [5, 5.41) is 8.63. The molecule has 0 unspecified atom stereocenters. The summed E-state index contributed by atoms with van der Waals surface area (Å²) in [6, 6.07) is 41.5. The first-order valence-electron chi connectivity index (χ1n) is 8.21. The molecule has 0 aliphatic heterocycles. The third-order valence-electron chi connectivity index (χ3n) is 3.30. The molecule has 124 valence electrons. The van der Waals surface area contributed by atoms with E-state index in [9.17, 15) is 0 Å². The van der Waals surface area contributed by atoms with E-state index < -0.39 is 0 Å². The summed E-state index contributed by atoms with van der Waals surface area (Å²) in [5.74, 6) is 0.322. The predicted molar refractivity (Wildman–Crippen MR) is 106 cm³/mol. The minimum atomic E-state index is 0.322. The van der Waals surface area contributed by atoms with Gasteiger partial charge in [0, 0.05) is 0 Å². The largest absolute Gasteiger partial charge is 0.508 e. The molecule has 4 rings (SSSR count). The van der Waals surface area contributed by atoms with Gasteiger partial charge in [-0.3, -0.25) is 0 Å². The van der Waals surface area contributed by atoms with Gasteiger partial charge in [0.15, 0.2) is 0 Å². The number of benzene rings is 4. The first kappa shape index (κ1) is 18.0. The molecule has 0 fully saturated rings. The molecule has 0 aromatic heterocycles. The molecule has 0 radical (unpaired) electrons. The Labute approximate surface area is 149 Å². The summed E-state index contributed by atoms with van der Waals surface area (Å²) in [6.45, 7) is 0. The lowest BCUT2D eigenvalue weighted by molar-refractivity contribution is 0.475. The number of phenols is 1. The fourth-order valence-corrected chi connectivity index (χ4v) is 2.07. The smallest absolute Gasteiger partial charge is 0.115 e. The molecule has 0 spiro atoms. The number of para-hydroxylation sites is 1. The Hall–Kier alpha value is -3.32. The second-order valence-corrected chi connectivity index (χ2v) is 5.22. The standard InChI is InChI=1S/C12H10.C6H6O.C6H6/c1-3-7-11(8-4-1)12-9-5-2-6-10-12;7-6-4-2-1-3-5-6;1-2-4-6-5-3-1/h1-10H;1-5,7H;1-6H. The van der Waals surface area contributed by atoms with Crippen LogP contribution in [0, 0.1) is 0 Å². The Morgan fingerprint density at radius 1 is 0.320 bits per heavy atom. The van der Waals surface area contributed by atoms with Crippen LogP contribution in [0.1, 0.15) is 0 Å². The molecule has 4 aromatic carbocycles. The molecule has 1 N–H and O–H groups in total. The molecule has 1 heteroatoms. The highest BCUT2D eigenvalue weighted by Gasteiger charge is 1.91. The summed E-state index contributed by atoms with van der Waals surface area (Å²) in [4.78, 5) is 0. The van der Waals surface area contributed by atoms with Gasteiger partial charge in [-0.1, -0.05) is 115 Å². The first-order valence-corrected chi connectivity index (χ1v) is 8.21. The second-order valence-electron chi connectivity index (χ2n) is 5.22. The predicted octanol–water partition coefficient (Wildman–Crippen LogP) is 6.43. The van der Waals surface area contributed by atoms with Crippen molar-refractivity contribution in [3.63, 3.8) is 0 Å². The number of phenolic OH excluding ortho intramolecular Hbond substituents is 1. The van der Waals surface area contributed by atoms with Crippen molar-refractivity contribution in [1.82, 2.24) is 0 Å². The highest BCUT2D eigenvalue weighted by molar-refractivity contribution is 5.62. The Balaban J connectivity index is 0.000000148. The average Bonchev–Trinajstić information content (AvgIpc) is 2.72. The number of hydrogen-bond acceptors (Lipinski definition) is 1. The van der Waals surface area contributed by atoms with Crippen LogP contribution in [0.4, 0.5) is 0 Å². The zero-order valence-corrected chi connectivity index (χ0v) is 14.1. The van der Waals surface area contributed by atoms with E-state index in [0.717, 1.165) is 0 Å². The summed E-state index contributed by atoms with van der Waals surface area (Å²) in [7, 11) is 0. The number of aromatic hydroxyl groups is 1. The molecular weight excluding hydrogens is 304 g/mol. The van der Waals surface area contributed by atoms with E-state index in [1.807, 2.05) is 54.6 Å². The Bertz CT molecular complexity index is 718. The van der Waals surface area contributed by atoms with Gasteiger partial charge in [0.25, 0.3) is 0 Å². The molecule has 25 heavy (non-hydrogen) atoms. The Kier molecular flexibility index (Phi) is 8.11. The quantitative estimate of drug-likeness (QED) is 0.427. The van der Waals surface area contributed by atoms with E-state index in [-0.39, 0.29) is 0 Å². The van der Waals surface area contributed by atoms with Gasteiger partial charge in [-0.05, 0) is 23.3 Å². The molecule has 0 aliphatic carbocycles. The lowest BCUT2D eigenvalue weighted by Crippen LogP contribution is -1.73. The van der Waals surface area contributed by atoms with Crippen molar-refractivity contribution in [2.45, 2.75) is 0 Å². The molecule has 0 bridgehead atoms. The van der Waals surface area contributed by atoms with Gasteiger partial charge in [-0.2, -0.15) is 0 Å². The van der Waals surface area contributed by atoms with E-state index in [2.05, 4.69) is 48.5 Å². The van der Waals surface area contributed by atoms with Gasteiger partial charge in [-0.25, -0.2) is 0 Å². The molecule has 0 saturated carbocycles. The average molecular weight is 326 g/mol. The third-order valence-corrected chi connectivity index (χ3v) is 3.30. The van der Waals surface area contributed by atoms with E-state index in [1.54, 1.807) is 24.3 Å². The van der Waals surface area contributed by atoms with Gasteiger partial charge in [0.2, 0.25) is 0 Å². The highest BCUT2D eigenvalue weighted by Crippen LogP contribution is 2.17. The fraction of sp³-hybridized carbons (Fsp3) is 0. The van der Waals surface area contributed by atoms with Crippen LogP contribution in [-0.4, -0.2) is 5.11 Å². The normalized spacial score (nSPS) is 8.96. The summed E-state index contributed by atoms with van der Waals surface area (Å²) >= 11 is 0. The Morgan fingerprint density at radius 3 is 0.800 bits per heavy atom. The Morgan fingerprint density at radius 2 is 0.560 bits per heavy atom. The molecular formula is C24H22O. The lowest BCUT2D eigenvalue weighted by atomic mass is 10.1. The van der Waals surface area contributed by atoms with Crippen molar-refractivity contribution in [3.8, 4) is 16.9 Å². The van der Waals surface area contributed by atoms with Gasteiger partial charge in [0.1, 0.15) is 5.75 Å². The monoisotopic (exact) mass is 326 g/mol. The molecule has 0 heterocycles. The summed E-state index contributed by atoms with van der Waals surface area (Å²) in [6.07, 6.45) is 0. The number of rotatable bonds is 1. The van der Waals surface area contributed by atoms with Gasteiger partial charge in [0.05, 0.1) is 0 Å². The zero-order valence-electron chi connectivity index (χ0n) is 14.1. The minimum absolute atomic E-state index is 0.322. The molecule has 0 saturated heterocycles. The SMILES string of the molecule is Oc1ccccc1.c1ccc(-c2ccccc2)cc1.c1ccccc1. The van der Waals surface area contributed by atoms with Gasteiger partial charge < -0.3 is 5.11 Å². The van der Waals surface area contributed by atoms with Crippen molar-refractivity contribution < 1.29 is 5.11 Å². The summed E-state index contributed by atoms with van der Waals surface area (Å²) < 4.78 is 0. The molecule has 1 nitrogen and oxygen atoms in total. The van der Waals surface area contributed by atoms with Crippen LogP contribution in [0.3, 0.4) is 0 Å². The van der Waals surface area contributed by atoms with Crippen molar-refractivity contribution in [2.75, 3.05) is 0 Å². The van der Waals surface area contributed by atoms with E-state index in [0.29, 0.717) is 5.75 Å². The first-order chi connectivity index (χ1) is 12.4. The van der Waals surface area contributed by atoms with Crippen LogP contribution in [0.2, 0.25) is 0 Å². The van der Waals surface area contributed by atoms with Gasteiger partial charge in [-0.15, -0.1) is 0 Å². The topological polar surface area (TPSA) is 20.2 Å². The highest BCUT2D eigenvalue weighted by atomic mass is 16.3. The maximum Gasteiger partial charge on any atom is 0.115 e. The lowest BCUT2D eigenvalue weighted by Gasteiger charge is -1.98. The van der Waals surface area contributed by atoms with E-state index in [4.69, 9.17) is 5.11 Å². The van der Waals surface area contributed by atoms with Crippen molar-refractivity contribution in [2.24, 2.45) is 0 Å². The maximum absolute atomic E-state index is 8.63. The van der Waals surface area contributed by atoms with Crippen LogP contribution in [0.25, 0.3) is 11.1 Å². The molecule has 0 atom stereocenters.